The van der Waals surface area contributed by atoms with Crippen molar-refractivity contribution in [1.82, 2.24) is 0 Å². The molecule has 0 radical (unpaired) electrons. The molecule has 2 rings (SSSR count). The summed E-state index contributed by atoms with van der Waals surface area (Å²) in [6, 6.07) is 12.4. The molecule has 2 nitrogen and oxygen atoms in total. The Morgan fingerprint density at radius 2 is 1.87 bits per heavy atom. The molecule has 23 heavy (non-hydrogen) atoms. The quantitative estimate of drug-likeness (QED) is 0.609. The number of rotatable bonds is 6. The number of para-hydroxylation sites is 1. The highest BCUT2D eigenvalue weighted by molar-refractivity contribution is 7.48. The third-order valence-corrected chi connectivity index (χ3v) is 6.46. The molecule has 122 valence electrons. The van der Waals surface area contributed by atoms with Gasteiger partial charge in [0.1, 0.15) is 11.6 Å². The fourth-order valence-corrected chi connectivity index (χ4v) is 4.57. The molecular weight excluding hydrogens is 308 g/mol. The number of phenols is 1. The molecule has 0 spiro atoms. The van der Waals surface area contributed by atoms with Gasteiger partial charge in [0, 0.05) is 29.5 Å². The van der Waals surface area contributed by atoms with Crippen LogP contribution >= 0.6 is 8.58 Å². The molecule has 0 heterocycles. The Morgan fingerprint density at radius 3 is 2.48 bits per heavy atom. The van der Waals surface area contributed by atoms with Crippen molar-refractivity contribution in [3.05, 3.63) is 59.4 Å². The molecule has 0 saturated heterocycles. The number of phenolic OH excluding ortho intramolecular Hbond substituents is 1. The van der Waals surface area contributed by atoms with Crippen molar-refractivity contribution < 1.29 is 9.50 Å². The van der Waals surface area contributed by atoms with E-state index in [9.17, 15) is 9.50 Å². The Bertz CT molecular complexity index is 696. The van der Waals surface area contributed by atoms with E-state index in [0.717, 1.165) is 29.3 Å². The molecule has 0 aliphatic carbocycles. The van der Waals surface area contributed by atoms with Crippen molar-refractivity contribution in [2.75, 3.05) is 7.05 Å². The molecule has 1 unspecified atom stereocenters. The third-order valence-electron chi connectivity index (χ3n) is 4.28. The van der Waals surface area contributed by atoms with Gasteiger partial charge < -0.3 is 5.11 Å². The Kier molecular flexibility index (Phi) is 5.90. The van der Waals surface area contributed by atoms with Crippen molar-refractivity contribution in [3.63, 3.8) is 0 Å². The highest BCUT2D eigenvalue weighted by Crippen LogP contribution is 2.49. The first-order valence-electron chi connectivity index (χ1n) is 7.84. The van der Waals surface area contributed by atoms with E-state index in [2.05, 4.69) is 18.8 Å². The smallest absolute Gasteiger partial charge is 0.123 e. The van der Waals surface area contributed by atoms with E-state index < -0.39 is 0 Å². The molecule has 0 bridgehead atoms. The van der Waals surface area contributed by atoms with Gasteiger partial charge in [0.05, 0.1) is 0 Å². The summed E-state index contributed by atoms with van der Waals surface area (Å²) in [4.78, 5) is 4.04. The lowest BCUT2D eigenvalue weighted by Crippen LogP contribution is -2.23. The molecule has 0 amide bonds. The van der Waals surface area contributed by atoms with E-state index in [1.165, 1.54) is 12.1 Å². The maximum atomic E-state index is 13.6. The van der Waals surface area contributed by atoms with Crippen LogP contribution in [0.4, 0.5) is 4.39 Å². The average molecular weight is 331 g/mol. The Hall–Kier alpha value is -1.73. The zero-order chi connectivity index (χ0) is 16.9. The monoisotopic (exact) mass is 331 g/mol. The van der Waals surface area contributed by atoms with Crippen molar-refractivity contribution in [1.29, 1.82) is 0 Å². The average Bonchev–Trinajstić information content (AvgIpc) is 2.56. The Morgan fingerprint density at radius 1 is 1.17 bits per heavy atom. The lowest BCUT2D eigenvalue weighted by molar-refractivity contribution is 0.448. The molecule has 1 N–H and O–H groups in total. The summed E-state index contributed by atoms with van der Waals surface area (Å²) in [7, 11) is 2.12. The predicted octanol–water partition coefficient (Wildman–Crippen LogP) is 4.60. The van der Waals surface area contributed by atoms with Crippen molar-refractivity contribution >= 4 is 20.1 Å². The van der Waals surface area contributed by atoms with Gasteiger partial charge in [-0.15, -0.1) is 0 Å². The second kappa shape index (κ2) is 7.70. The number of hydrogen-bond acceptors (Lipinski definition) is 2. The van der Waals surface area contributed by atoms with Crippen LogP contribution in [0.25, 0.3) is 0 Å². The first-order chi connectivity index (χ1) is 11.1. The minimum absolute atomic E-state index is 0.153. The maximum Gasteiger partial charge on any atom is 0.123 e. The van der Waals surface area contributed by atoms with Crippen molar-refractivity contribution in [3.8, 4) is 5.75 Å². The van der Waals surface area contributed by atoms with Crippen LogP contribution in [-0.2, 0) is 5.16 Å². The van der Waals surface area contributed by atoms with Gasteiger partial charge in [0.15, 0.2) is 0 Å². The van der Waals surface area contributed by atoms with Gasteiger partial charge in [0.2, 0.25) is 0 Å². The standard InChI is InChI=1S/C19H23FNOP/c1-4-19(5-2,16-8-6-7-9-17(16)22)23-18-11-10-15(20)12-14(18)13-21-3/h6-13,22-23H,4-5H2,1-3H3. The third kappa shape index (κ3) is 3.79. The first-order valence-corrected chi connectivity index (χ1v) is 8.84. The highest BCUT2D eigenvalue weighted by Gasteiger charge is 2.31. The number of aliphatic imine (C=N–C) groups is 1. The van der Waals surface area contributed by atoms with Gasteiger partial charge in [-0.25, -0.2) is 4.39 Å². The number of nitrogens with zero attached hydrogens (tertiary/aromatic N) is 1. The summed E-state index contributed by atoms with van der Waals surface area (Å²) in [5.74, 6) is 0.0751. The molecule has 2 aromatic rings. The van der Waals surface area contributed by atoms with Crippen molar-refractivity contribution in [2.24, 2.45) is 4.99 Å². The second-order valence-electron chi connectivity index (χ2n) is 5.55. The zero-order valence-corrected chi connectivity index (χ0v) is 14.8. The minimum Gasteiger partial charge on any atom is -0.508 e. The molecule has 0 aromatic heterocycles. The van der Waals surface area contributed by atoms with Gasteiger partial charge >= 0.3 is 0 Å². The van der Waals surface area contributed by atoms with Crippen LogP contribution in [0.5, 0.6) is 5.75 Å². The maximum absolute atomic E-state index is 13.6. The van der Waals surface area contributed by atoms with E-state index in [1.54, 1.807) is 19.3 Å². The molecule has 1 atom stereocenters. The summed E-state index contributed by atoms with van der Waals surface area (Å²) in [6.45, 7) is 4.28. The fraction of sp³-hybridized carbons (Fsp3) is 0.316. The summed E-state index contributed by atoms with van der Waals surface area (Å²) in [5.41, 5.74) is 1.78. The van der Waals surface area contributed by atoms with Crippen LogP contribution in [0.15, 0.2) is 47.5 Å². The summed E-state index contributed by atoms with van der Waals surface area (Å²) < 4.78 is 13.6. The summed E-state index contributed by atoms with van der Waals surface area (Å²) in [6.07, 6.45) is 3.51. The van der Waals surface area contributed by atoms with E-state index in [1.807, 2.05) is 24.3 Å². The second-order valence-corrected chi connectivity index (χ2v) is 7.30. The van der Waals surface area contributed by atoms with E-state index in [0.29, 0.717) is 14.3 Å². The topological polar surface area (TPSA) is 32.6 Å². The van der Waals surface area contributed by atoms with Gasteiger partial charge in [-0.3, -0.25) is 4.99 Å². The van der Waals surface area contributed by atoms with Crippen LogP contribution in [-0.4, -0.2) is 18.4 Å². The largest absolute Gasteiger partial charge is 0.508 e. The first kappa shape index (κ1) is 17.6. The zero-order valence-electron chi connectivity index (χ0n) is 13.8. The van der Waals surface area contributed by atoms with E-state index in [4.69, 9.17) is 0 Å². The van der Waals surface area contributed by atoms with E-state index >= 15 is 0 Å². The molecular formula is C19H23FNOP. The predicted molar refractivity (Wildman–Crippen MR) is 98.2 cm³/mol. The number of benzene rings is 2. The van der Waals surface area contributed by atoms with Gasteiger partial charge in [-0.2, -0.15) is 0 Å². The number of halogens is 1. The van der Waals surface area contributed by atoms with Gasteiger partial charge in [-0.05, 0) is 36.3 Å². The SMILES string of the molecule is CCC(CC)(Pc1ccc(F)cc1C=NC)c1ccccc1O. The lowest BCUT2D eigenvalue weighted by Gasteiger charge is -2.33. The molecule has 4 heteroatoms. The van der Waals surface area contributed by atoms with Crippen LogP contribution in [0.1, 0.15) is 37.8 Å². The van der Waals surface area contributed by atoms with Crippen molar-refractivity contribution in [2.45, 2.75) is 31.8 Å². The molecule has 0 saturated carbocycles. The number of hydrogen-bond donors (Lipinski definition) is 1. The summed E-state index contributed by atoms with van der Waals surface area (Å²) in [5, 5.41) is 11.2. The molecule has 0 aliphatic rings. The highest BCUT2D eigenvalue weighted by atomic mass is 31.1. The van der Waals surface area contributed by atoms with Crippen LogP contribution in [0, 0.1) is 5.82 Å². The van der Waals surface area contributed by atoms with Gasteiger partial charge in [0.25, 0.3) is 0 Å². The fourth-order valence-electron chi connectivity index (χ4n) is 2.90. The molecule has 0 aliphatic heterocycles. The molecule has 2 aromatic carbocycles. The van der Waals surface area contributed by atoms with E-state index in [-0.39, 0.29) is 11.0 Å². The Balaban J connectivity index is 2.51. The normalized spacial score (nSPS) is 12.5. The van der Waals surface area contributed by atoms with Crippen LogP contribution in [0.3, 0.4) is 0 Å². The van der Waals surface area contributed by atoms with Gasteiger partial charge in [-0.1, -0.05) is 46.7 Å². The summed E-state index contributed by atoms with van der Waals surface area (Å²) >= 11 is 0. The molecule has 0 fully saturated rings. The van der Waals surface area contributed by atoms with Crippen LogP contribution in [0.2, 0.25) is 0 Å². The van der Waals surface area contributed by atoms with Crippen LogP contribution < -0.4 is 5.30 Å². The minimum atomic E-state index is -0.255. The Labute approximate surface area is 139 Å². The lowest BCUT2D eigenvalue weighted by atomic mass is 9.92. The number of aromatic hydroxyl groups is 1.